The minimum Gasteiger partial charge on any atom is -0.456 e. The maximum atomic E-state index is 10.5. The first kappa shape index (κ1) is 33.8. The lowest BCUT2D eigenvalue weighted by Crippen LogP contribution is -2.13. The van der Waals surface area contributed by atoms with Crippen molar-refractivity contribution in [3.63, 3.8) is 0 Å². The van der Waals surface area contributed by atoms with Crippen LogP contribution in [0.1, 0.15) is 37.0 Å². The second-order valence-electron chi connectivity index (χ2n) is 14.2. The van der Waals surface area contributed by atoms with Gasteiger partial charge in [-0.2, -0.15) is 5.26 Å². The fourth-order valence-corrected chi connectivity index (χ4v) is 7.87. The standard InChI is InChI=1S/C51H39N3O/c1-3-34(2)50(53-51(37-20-11-6-12-21-37)39(33-52)30-35-16-7-4-8-17-35)38-26-28-42-44-32-40(27-29-47(44)55-48(42)31-38)54-45-24-14-13-22-43(45)49-41(23-15-25-46(49)54)36-18-9-5-10-19-36/h4-29,31-32,34H,3,30H2,1-2H3/b51-39+,53-50?. The average Bonchev–Trinajstić information content (AvgIpc) is 3.79. The van der Waals surface area contributed by atoms with E-state index in [1.807, 2.05) is 48.5 Å². The summed E-state index contributed by atoms with van der Waals surface area (Å²) in [6.07, 6.45) is 1.40. The molecule has 0 saturated heterocycles. The first-order valence-electron chi connectivity index (χ1n) is 19.0. The molecule has 0 N–H and O–H groups in total. The van der Waals surface area contributed by atoms with Crippen molar-refractivity contribution in [1.29, 1.82) is 5.26 Å². The summed E-state index contributed by atoms with van der Waals surface area (Å²) in [6, 6.07) is 61.6. The maximum Gasteiger partial charge on any atom is 0.136 e. The largest absolute Gasteiger partial charge is 0.456 e. The molecule has 4 nitrogen and oxygen atoms in total. The number of para-hydroxylation sites is 1. The van der Waals surface area contributed by atoms with Crippen LogP contribution in [0.15, 0.2) is 185 Å². The summed E-state index contributed by atoms with van der Waals surface area (Å²) in [4.78, 5) is 5.38. The number of rotatable bonds is 9. The molecule has 0 amide bonds. The Morgan fingerprint density at radius 2 is 1.36 bits per heavy atom. The Hall–Kier alpha value is -6.96. The van der Waals surface area contributed by atoms with E-state index in [1.165, 1.54) is 21.9 Å². The number of allylic oxidation sites excluding steroid dienone is 1. The van der Waals surface area contributed by atoms with Gasteiger partial charge in [0.1, 0.15) is 11.2 Å². The van der Waals surface area contributed by atoms with Crippen LogP contribution in [0.4, 0.5) is 0 Å². The van der Waals surface area contributed by atoms with E-state index >= 15 is 0 Å². The smallest absolute Gasteiger partial charge is 0.136 e. The van der Waals surface area contributed by atoms with Crippen LogP contribution >= 0.6 is 0 Å². The molecular weight excluding hydrogens is 671 g/mol. The molecule has 2 aromatic heterocycles. The number of aromatic nitrogens is 1. The number of fused-ring (bicyclic) bond motifs is 6. The number of aliphatic imine (C=N–C) groups is 1. The molecule has 9 rings (SSSR count). The fourth-order valence-electron chi connectivity index (χ4n) is 7.87. The van der Waals surface area contributed by atoms with Crippen molar-refractivity contribution < 1.29 is 4.42 Å². The van der Waals surface area contributed by atoms with Crippen LogP contribution in [-0.4, -0.2) is 10.3 Å². The average molecular weight is 710 g/mol. The molecule has 9 aromatic rings. The van der Waals surface area contributed by atoms with E-state index in [4.69, 9.17) is 9.41 Å². The summed E-state index contributed by atoms with van der Waals surface area (Å²) in [5.41, 5.74) is 12.7. The van der Waals surface area contributed by atoms with Crippen molar-refractivity contribution in [2.24, 2.45) is 10.9 Å². The van der Waals surface area contributed by atoms with E-state index in [2.05, 4.69) is 146 Å². The molecule has 1 unspecified atom stereocenters. The molecule has 0 saturated carbocycles. The van der Waals surface area contributed by atoms with Crippen LogP contribution < -0.4 is 0 Å². The van der Waals surface area contributed by atoms with Gasteiger partial charge in [0.2, 0.25) is 0 Å². The van der Waals surface area contributed by atoms with Gasteiger partial charge in [-0.25, -0.2) is 0 Å². The number of nitrogens with zero attached hydrogens (tertiary/aromatic N) is 3. The van der Waals surface area contributed by atoms with Gasteiger partial charge in [0.05, 0.1) is 34.1 Å². The van der Waals surface area contributed by atoms with Gasteiger partial charge in [-0.1, -0.05) is 141 Å². The van der Waals surface area contributed by atoms with Crippen molar-refractivity contribution in [1.82, 2.24) is 4.57 Å². The molecule has 4 heteroatoms. The molecular formula is C51H39N3O. The Morgan fingerprint density at radius 1 is 0.655 bits per heavy atom. The molecule has 0 spiro atoms. The first-order valence-corrected chi connectivity index (χ1v) is 19.0. The third-order valence-electron chi connectivity index (χ3n) is 10.8. The Balaban J connectivity index is 1.18. The summed E-state index contributed by atoms with van der Waals surface area (Å²) < 4.78 is 8.96. The molecule has 7 aromatic carbocycles. The van der Waals surface area contributed by atoms with Crippen LogP contribution in [0, 0.1) is 17.2 Å². The number of hydrogen-bond donors (Lipinski definition) is 0. The van der Waals surface area contributed by atoms with Crippen molar-refractivity contribution in [3.8, 4) is 22.9 Å². The van der Waals surface area contributed by atoms with E-state index in [1.54, 1.807) is 0 Å². The molecule has 0 bridgehead atoms. The molecule has 1 atom stereocenters. The highest BCUT2D eigenvalue weighted by Gasteiger charge is 2.20. The quantitative estimate of drug-likeness (QED) is 0.111. The summed E-state index contributed by atoms with van der Waals surface area (Å²) in [7, 11) is 0. The number of nitriles is 1. The zero-order chi connectivity index (χ0) is 37.3. The van der Waals surface area contributed by atoms with E-state index in [9.17, 15) is 5.26 Å². The molecule has 55 heavy (non-hydrogen) atoms. The van der Waals surface area contributed by atoms with Gasteiger partial charge in [0.25, 0.3) is 0 Å². The highest BCUT2D eigenvalue weighted by molar-refractivity contribution is 6.16. The zero-order valence-corrected chi connectivity index (χ0v) is 30.9. The minimum absolute atomic E-state index is 0.139. The third-order valence-corrected chi connectivity index (χ3v) is 10.8. The van der Waals surface area contributed by atoms with E-state index < -0.39 is 0 Å². The molecule has 0 fully saturated rings. The maximum absolute atomic E-state index is 10.5. The second kappa shape index (κ2) is 14.5. The molecule has 2 heterocycles. The van der Waals surface area contributed by atoms with Gasteiger partial charge in [-0.3, -0.25) is 4.99 Å². The zero-order valence-electron chi connectivity index (χ0n) is 30.9. The van der Waals surface area contributed by atoms with E-state index in [0.717, 1.165) is 67.5 Å². The summed E-state index contributed by atoms with van der Waals surface area (Å²) in [5, 5.41) is 15.1. The highest BCUT2D eigenvalue weighted by Crippen LogP contribution is 2.40. The lowest BCUT2D eigenvalue weighted by molar-refractivity contribution is 0.668. The number of hydrogen-bond acceptors (Lipinski definition) is 3. The normalized spacial score (nSPS) is 13.0. The summed E-state index contributed by atoms with van der Waals surface area (Å²) in [6.45, 7) is 4.38. The van der Waals surface area contributed by atoms with E-state index in [-0.39, 0.29) is 5.92 Å². The van der Waals surface area contributed by atoms with Gasteiger partial charge in [0, 0.05) is 39.2 Å². The summed E-state index contributed by atoms with van der Waals surface area (Å²) >= 11 is 0. The Kier molecular flexibility index (Phi) is 8.90. The van der Waals surface area contributed by atoms with Crippen molar-refractivity contribution in [3.05, 3.63) is 192 Å². The van der Waals surface area contributed by atoms with Crippen LogP contribution in [0.2, 0.25) is 0 Å². The van der Waals surface area contributed by atoms with Crippen LogP contribution in [0.25, 0.3) is 66.3 Å². The lowest BCUT2D eigenvalue weighted by atomic mass is 9.94. The van der Waals surface area contributed by atoms with Crippen LogP contribution in [0.3, 0.4) is 0 Å². The predicted octanol–water partition coefficient (Wildman–Crippen LogP) is 13.4. The molecule has 0 aliphatic carbocycles. The van der Waals surface area contributed by atoms with E-state index in [0.29, 0.717) is 17.7 Å². The van der Waals surface area contributed by atoms with Crippen LogP contribution in [-0.2, 0) is 6.42 Å². The first-order chi connectivity index (χ1) is 27.1. The minimum atomic E-state index is 0.139. The number of furan rings is 1. The third kappa shape index (κ3) is 6.20. The van der Waals surface area contributed by atoms with Gasteiger partial charge < -0.3 is 8.98 Å². The molecule has 264 valence electrons. The van der Waals surface area contributed by atoms with Crippen molar-refractivity contribution in [2.45, 2.75) is 26.7 Å². The Labute approximate surface area is 320 Å². The molecule has 0 aliphatic rings. The van der Waals surface area contributed by atoms with Gasteiger partial charge in [-0.05, 0) is 77.1 Å². The van der Waals surface area contributed by atoms with Gasteiger partial charge in [-0.15, -0.1) is 0 Å². The molecule has 0 aliphatic heterocycles. The monoisotopic (exact) mass is 709 g/mol. The van der Waals surface area contributed by atoms with Crippen molar-refractivity contribution in [2.75, 3.05) is 0 Å². The van der Waals surface area contributed by atoms with Crippen molar-refractivity contribution >= 4 is 55.2 Å². The lowest BCUT2D eigenvalue weighted by Gasteiger charge is -2.16. The highest BCUT2D eigenvalue weighted by atomic mass is 16.3. The second-order valence-corrected chi connectivity index (χ2v) is 14.2. The van der Waals surface area contributed by atoms with Gasteiger partial charge >= 0.3 is 0 Å². The Bertz CT molecular complexity index is 2940. The Morgan fingerprint density at radius 3 is 2.13 bits per heavy atom. The summed E-state index contributed by atoms with van der Waals surface area (Å²) in [5.74, 6) is 0.139. The predicted molar refractivity (Wildman–Crippen MR) is 229 cm³/mol. The SMILES string of the molecule is CCC(C)C(=N/C(=C(/C#N)Cc1ccccc1)c1ccccc1)c1ccc2c(c1)oc1ccc(-n3c4ccccc4c4c(-c5ccccc5)cccc43)cc12. The topological polar surface area (TPSA) is 54.2 Å². The van der Waals surface area contributed by atoms with Crippen LogP contribution in [0.5, 0.6) is 0 Å². The number of benzene rings is 7. The van der Waals surface area contributed by atoms with Gasteiger partial charge in [0.15, 0.2) is 0 Å². The fraction of sp³-hybridized carbons (Fsp3) is 0.0980. The molecule has 0 radical (unpaired) electrons.